The highest BCUT2D eigenvalue weighted by Crippen LogP contribution is 2.11. The van der Waals surface area contributed by atoms with Gasteiger partial charge >= 0.3 is 0 Å². The van der Waals surface area contributed by atoms with E-state index in [1.165, 1.54) is 0 Å². The monoisotopic (exact) mass is 261 g/mol. The normalized spacial score (nSPS) is 10.3. The molecule has 5 heteroatoms. The number of carbonyl (C=O) groups is 1. The summed E-state index contributed by atoms with van der Waals surface area (Å²) in [5.41, 5.74) is 6.48. The molecule has 1 aromatic carbocycles. The van der Waals surface area contributed by atoms with Gasteiger partial charge in [0, 0.05) is 17.8 Å². The molecular formula is C13H12ClN3O. The van der Waals surface area contributed by atoms with Crippen molar-refractivity contribution in [2.24, 2.45) is 5.73 Å². The Labute approximate surface area is 109 Å². The van der Waals surface area contributed by atoms with Crippen LogP contribution in [0.4, 0.5) is 0 Å². The molecule has 2 rings (SSSR count). The van der Waals surface area contributed by atoms with Crippen LogP contribution in [0.3, 0.4) is 0 Å². The van der Waals surface area contributed by atoms with Gasteiger partial charge in [0.1, 0.15) is 5.49 Å². The fraction of sp³-hybridized carbons (Fsp3) is 0.0769. The van der Waals surface area contributed by atoms with Gasteiger partial charge in [0.25, 0.3) is 5.91 Å². The van der Waals surface area contributed by atoms with Crippen LogP contribution in [0.1, 0.15) is 15.9 Å². The minimum Gasteiger partial charge on any atom is -0.365 e. The number of primary amides is 1. The highest BCUT2D eigenvalue weighted by Gasteiger charge is 2.05. The maximum Gasteiger partial charge on any atom is 0.252 e. The number of carbonyl (C=O) groups excluding carboxylic acids is 1. The summed E-state index contributed by atoms with van der Waals surface area (Å²) in [4.78, 5) is 11.1. The molecule has 2 aromatic rings. The van der Waals surface area contributed by atoms with E-state index in [2.05, 4.69) is 0 Å². The van der Waals surface area contributed by atoms with Gasteiger partial charge in [-0.15, -0.1) is 0 Å². The molecule has 0 aliphatic carbocycles. The van der Waals surface area contributed by atoms with Gasteiger partial charge in [0.15, 0.2) is 0 Å². The quantitative estimate of drug-likeness (QED) is 0.868. The van der Waals surface area contributed by atoms with E-state index in [0.717, 1.165) is 5.56 Å². The van der Waals surface area contributed by atoms with Crippen LogP contribution in [0, 0.1) is 5.41 Å². The van der Waals surface area contributed by atoms with Crippen molar-refractivity contribution in [3.8, 4) is 0 Å². The summed E-state index contributed by atoms with van der Waals surface area (Å²) in [5, 5.41) is 8.55. The molecule has 18 heavy (non-hydrogen) atoms. The Hall–Kier alpha value is -2.07. The molecule has 0 fully saturated rings. The molecule has 0 saturated carbocycles. The zero-order valence-corrected chi connectivity index (χ0v) is 10.3. The van der Waals surface area contributed by atoms with Crippen molar-refractivity contribution in [1.29, 1.82) is 5.41 Å². The second kappa shape index (κ2) is 5.06. The fourth-order valence-corrected chi connectivity index (χ4v) is 1.93. The number of aromatic nitrogens is 1. The predicted octanol–water partition coefficient (Wildman–Crippen LogP) is 1.77. The molecule has 0 atom stereocenters. The summed E-state index contributed by atoms with van der Waals surface area (Å²) in [6, 6.07) is 10.6. The first-order valence-corrected chi connectivity index (χ1v) is 5.74. The van der Waals surface area contributed by atoms with Crippen LogP contribution in [-0.4, -0.2) is 10.5 Å². The van der Waals surface area contributed by atoms with Crippen LogP contribution in [0.25, 0.3) is 0 Å². The molecule has 1 heterocycles. The van der Waals surface area contributed by atoms with E-state index in [0.29, 0.717) is 11.6 Å². The molecule has 1 amide bonds. The van der Waals surface area contributed by atoms with Crippen molar-refractivity contribution in [2.75, 3.05) is 0 Å². The Kier molecular flexibility index (Phi) is 3.48. The Morgan fingerprint density at radius 3 is 2.78 bits per heavy atom. The van der Waals surface area contributed by atoms with Crippen LogP contribution in [-0.2, 0) is 6.54 Å². The van der Waals surface area contributed by atoms with E-state index in [1.807, 2.05) is 18.2 Å². The van der Waals surface area contributed by atoms with E-state index in [4.69, 9.17) is 22.7 Å². The SMILES string of the molecule is N=c1c(C(N)=O)cccn1Cc1cccc(Cl)c1. The van der Waals surface area contributed by atoms with Crippen LogP contribution in [0.5, 0.6) is 0 Å². The minimum atomic E-state index is -0.597. The van der Waals surface area contributed by atoms with Gasteiger partial charge in [0.05, 0.1) is 5.56 Å². The average molecular weight is 262 g/mol. The van der Waals surface area contributed by atoms with Gasteiger partial charge in [-0.1, -0.05) is 23.7 Å². The second-order valence-corrected chi connectivity index (χ2v) is 4.33. The number of benzene rings is 1. The zero-order valence-electron chi connectivity index (χ0n) is 9.56. The van der Waals surface area contributed by atoms with Crippen LogP contribution in [0.2, 0.25) is 5.02 Å². The van der Waals surface area contributed by atoms with Crippen LogP contribution >= 0.6 is 11.6 Å². The van der Waals surface area contributed by atoms with E-state index < -0.39 is 5.91 Å². The summed E-state index contributed by atoms with van der Waals surface area (Å²) >= 11 is 5.90. The van der Waals surface area contributed by atoms with E-state index in [-0.39, 0.29) is 11.1 Å². The number of hydrogen-bond donors (Lipinski definition) is 2. The van der Waals surface area contributed by atoms with Gasteiger partial charge in [-0.2, -0.15) is 0 Å². The Morgan fingerprint density at radius 1 is 1.33 bits per heavy atom. The van der Waals surface area contributed by atoms with Gasteiger partial charge in [-0.25, -0.2) is 0 Å². The number of hydrogen-bond acceptors (Lipinski definition) is 2. The first-order chi connectivity index (χ1) is 8.58. The first-order valence-electron chi connectivity index (χ1n) is 5.36. The van der Waals surface area contributed by atoms with Crippen molar-refractivity contribution in [3.63, 3.8) is 0 Å². The summed E-state index contributed by atoms with van der Waals surface area (Å²) in [6.45, 7) is 0.473. The maximum atomic E-state index is 11.1. The van der Waals surface area contributed by atoms with Crippen molar-refractivity contribution < 1.29 is 4.79 Å². The summed E-state index contributed by atoms with van der Waals surface area (Å²) in [6.07, 6.45) is 1.73. The third kappa shape index (κ3) is 2.60. The van der Waals surface area contributed by atoms with Gasteiger partial charge in [0.2, 0.25) is 0 Å². The molecule has 0 aliphatic rings. The molecule has 92 valence electrons. The Balaban J connectivity index is 2.38. The van der Waals surface area contributed by atoms with E-state index in [9.17, 15) is 4.79 Å². The molecule has 0 unspecified atom stereocenters. The lowest BCUT2D eigenvalue weighted by Gasteiger charge is -2.09. The fourth-order valence-electron chi connectivity index (χ4n) is 1.71. The Morgan fingerprint density at radius 2 is 2.11 bits per heavy atom. The smallest absolute Gasteiger partial charge is 0.252 e. The number of nitrogens with two attached hydrogens (primary N) is 1. The van der Waals surface area contributed by atoms with Gasteiger partial charge < -0.3 is 10.3 Å². The maximum absolute atomic E-state index is 11.1. The number of amides is 1. The van der Waals surface area contributed by atoms with Crippen LogP contribution < -0.4 is 11.2 Å². The molecule has 0 saturated heterocycles. The summed E-state index contributed by atoms with van der Waals surface area (Å²) in [5.74, 6) is -0.597. The molecule has 0 bridgehead atoms. The molecule has 0 radical (unpaired) electrons. The lowest BCUT2D eigenvalue weighted by atomic mass is 10.2. The molecule has 0 aliphatic heterocycles. The van der Waals surface area contributed by atoms with E-state index in [1.54, 1.807) is 29.0 Å². The second-order valence-electron chi connectivity index (χ2n) is 3.89. The molecule has 4 nitrogen and oxygen atoms in total. The lowest BCUT2D eigenvalue weighted by Crippen LogP contribution is -2.29. The Bertz CT molecular complexity index is 649. The summed E-state index contributed by atoms with van der Waals surface area (Å²) < 4.78 is 1.64. The number of halogens is 1. The third-order valence-electron chi connectivity index (χ3n) is 2.58. The predicted molar refractivity (Wildman–Crippen MR) is 69.4 cm³/mol. The van der Waals surface area contributed by atoms with Crippen LogP contribution in [0.15, 0.2) is 42.6 Å². The average Bonchev–Trinajstić information content (AvgIpc) is 2.31. The number of rotatable bonds is 3. The van der Waals surface area contributed by atoms with Crippen molar-refractivity contribution in [2.45, 2.75) is 6.54 Å². The highest BCUT2D eigenvalue weighted by atomic mass is 35.5. The van der Waals surface area contributed by atoms with Crippen molar-refractivity contribution in [1.82, 2.24) is 4.57 Å². The summed E-state index contributed by atoms with van der Waals surface area (Å²) in [7, 11) is 0. The molecule has 3 N–H and O–H groups in total. The molecular weight excluding hydrogens is 250 g/mol. The minimum absolute atomic E-state index is 0.102. The van der Waals surface area contributed by atoms with Gasteiger partial charge in [-0.05, 0) is 29.8 Å². The third-order valence-corrected chi connectivity index (χ3v) is 2.81. The highest BCUT2D eigenvalue weighted by molar-refractivity contribution is 6.30. The zero-order chi connectivity index (χ0) is 13.1. The first kappa shape index (κ1) is 12.4. The number of pyridine rings is 1. The standard InChI is InChI=1S/C13H12ClN3O/c14-10-4-1-3-9(7-10)8-17-6-2-5-11(12(17)15)13(16)18/h1-7,15H,8H2,(H2,16,18). The molecule has 1 aromatic heterocycles. The van der Waals surface area contributed by atoms with Gasteiger partial charge in [-0.3, -0.25) is 10.2 Å². The topological polar surface area (TPSA) is 71.9 Å². The number of nitrogens with zero attached hydrogens (tertiary/aromatic N) is 1. The largest absolute Gasteiger partial charge is 0.365 e. The van der Waals surface area contributed by atoms with Crippen molar-refractivity contribution in [3.05, 3.63) is 64.2 Å². The van der Waals surface area contributed by atoms with E-state index >= 15 is 0 Å². The van der Waals surface area contributed by atoms with Crippen molar-refractivity contribution >= 4 is 17.5 Å². The molecule has 0 spiro atoms. The lowest BCUT2D eigenvalue weighted by molar-refractivity contribution is 0.0998. The number of nitrogens with one attached hydrogen (secondary N) is 1.